The van der Waals surface area contributed by atoms with E-state index in [0.717, 1.165) is 18.9 Å². The van der Waals surface area contributed by atoms with E-state index in [9.17, 15) is 9.59 Å². The molecule has 2 amide bonds. The number of nitrogens with zero attached hydrogens (tertiary/aromatic N) is 2. The minimum atomic E-state index is -0.117. The van der Waals surface area contributed by atoms with Gasteiger partial charge in [0.25, 0.3) is 0 Å². The first-order chi connectivity index (χ1) is 14.5. The zero-order valence-electron chi connectivity index (χ0n) is 17.7. The number of aliphatic imine (C=N–C) groups is 1. The smallest absolute Gasteiger partial charge is 0.233 e. The first kappa shape index (κ1) is 19.3. The molecule has 1 saturated heterocycles. The molecule has 2 saturated carbocycles. The number of guanidine groups is 1. The summed E-state index contributed by atoms with van der Waals surface area (Å²) in [5.41, 5.74) is 2.93. The highest BCUT2D eigenvalue weighted by Gasteiger charge is 2.59. The van der Waals surface area contributed by atoms with Gasteiger partial charge in [-0.25, -0.2) is 0 Å². The van der Waals surface area contributed by atoms with Crippen LogP contribution in [0.3, 0.4) is 0 Å². The molecule has 0 spiro atoms. The molecule has 1 aromatic rings. The van der Waals surface area contributed by atoms with Gasteiger partial charge < -0.3 is 10.6 Å². The molecule has 1 heterocycles. The van der Waals surface area contributed by atoms with Crippen LogP contribution >= 0.6 is 0 Å². The van der Waals surface area contributed by atoms with E-state index < -0.39 is 0 Å². The fraction of sp³-hybridized carbons (Fsp3) is 0.542. The molecule has 4 aliphatic rings. The summed E-state index contributed by atoms with van der Waals surface area (Å²) in [4.78, 5) is 31.4. The van der Waals surface area contributed by atoms with Crippen molar-refractivity contribution in [2.45, 2.75) is 31.6 Å². The van der Waals surface area contributed by atoms with Crippen LogP contribution in [0, 0.1) is 30.6 Å². The third-order valence-corrected chi connectivity index (χ3v) is 7.58. The molecule has 4 atom stereocenters. The monoisotopic (exact) mass is 406 g/mol. The Labute approximate surface area is 177 Å². The van der Waals surface area contributed by atoms with Gasteiger partial charge in [-0.3, -0.25) is 19.5 Å². The maximum atomic E-state index is 12.8. The second kappa shape index (κ2) is 7.25. The highest BCUT2D eigenvalue weighted by atomic mass is 16.2. The fourth-order valence-corrected chi connectivity index (χ4v) is 5.80. The van der Waals surface area contributed by atoms with Crippen LogP contribution < -0.4 is 10.6 Å². The molecule has 158 valence electrons. The molecule has 1 aliphatic heterocycles. The molecular formula is C24H30N4O2. The largest absolute Gasteiger partial charge is 0.356 e. The van der Waals surface area contributed by atoms with Crippen LogP contribution in [-0.2, 0) is 15.0 Å². The second-order valence-corrected chi connectivity index (χ2v) is 9.28. The molecular weight excluding hydrogens is 376 g/mol. The predicted molar refractivity (Wildman–Crippen MR) is 116 cm³/mol. The van der Waals surface area contributed by atoms with Crippen molar-refractivity contribution in [3.8, 4) is 0 Å². The summed E-state index contributed by atoms with van der Waals surface area (Å²) in [5.74, 6) is 1.05. The number of aryl methyl sites for hydroxylation is 1. The van der Waals surface area contributed by atoms with Crippen molar-refractivity contribution in [2.24, 2.45) is 28.7 Å². The van der Waals surface area contributed by atoms with Crippen molar-refractivity contribution in [1.29, 1.82) is 0 Å². The zero-order valence-corrected chi connectivity index (χ0v) is 17.7. The zero-order chi connectivity index (χ0) is 20.9. The number of hydrogen-bond acceptors (Lipinski definition) is 3. The predicted octanol–water partition coefficient (Wildman–Crippen LogP) is 2.00. The number of likely N-dealkylation sites (tertiary alicyclic amines) is 1. The fourth-order valence-electron chi connectivity index (χ4n) is 5.80. The number of hydrogen-bond donors (Lipinski definition) is 2. The number of imide groups is 1. The summed E-state index contributed by atoms with van der Waals surface area (Å²) in [6.07, 6.45) is 7.59. The van der Waals surface area contributed by atoms with E-state index >= 15 is 0 Å². The van der Waals surface area contributed by atoms with Crippen LogP contribution in [-0.4, -0.2) is 49.4 Å². The van der Waals surface area contributed by atoms with Crippen molar-refractivity contribution < 1.29 is 9.59 Å². The lowest BCUT2D eigenvalue weighted by atomic mass is 9.85. The van der Waals surface area contributed by atoms with Gasteiger partial charge in [-0.15, -0.1) is 0 Å². The molecule has 0 radical (unpaired) electrons. The number of benzene rings is 1. The first-order valence-electron chi connectivity index (χ1n) is 11.1. The van der Waals surface area contributed by atoms with Crippen LogP contribution in [0.1, 0.15) is 30.4 Å². The normalized spacial score (nSPS) is 30.7. The molecule has 6 heteroatoms. The van der Waals surface area contributed by atoms with Crippen LogP contribution in [0.15, 0.2) is 41.4 Å². The number of allylic oxidation sites excluding steroid dienone is 2. The van der Waals surface area contributed by atoms with Gasteiger partial charge in [0.15, 0.2) is 5.96 Å². The van der Waals surface area contributed by atoms with Crippen molar-refractivity contribution in [3.63, 3.8) is 0 Å². The van der Waals surface area contributed by atoms with E-state index in [4.69, 9.17) is 0 Å². The number of amides is 2. The lowest BCUT2D eigenvalue weighted by Gasteiger charge is -2.22. The maximum Gasteiger partial charge on any atom is 0.233 e. The second-order valence-electron chi connectivity index (χ2n) is 9.28. The lowest BCUT2D eigenvalue weighted by molar-refractivity contribution is -0.140. The van der Waals surface area contributed by atoms with Gasteiger partial charge in [-0.1, -0.05) is 36.4 Å². The van der Waals surface area contributed by atoms with Crippen molar-refractivity contribution >= 4 is 17.8 Å². The minimum Gasteiger partial charge on any atom is -0.356 e. The number of nitrogens with one attached hydrogen (secondary N) is 2. The molecule has 4 unspecified atom stereocenters. The Morgan fingerprint density at radius 2 is 1.77 bits per heavy atom. The molecule has 5 rings (SSSR count). The summed E-state index contributed by atoms with van der Waals surface area (Å²) < 4.78 is 0. The molecule has 30 heavy (non-hydrogen) atoms. The van der Waals surface area contributed by atoms with E-state index in [1.165, 1.54) is 28.9 Å². The van der Waals surface area contributed by atoms with Crippen LogP contribution in [0.5, 0.6) is 0 Å². The molecule has 3 aliphatic carbocycles. The van der Waals surface area contributed by atoms with E-state index in [1.54, 1.807) is 7.05 Å². The maximum absolute atomic E-state index is 12.8. The summed E-state index contributed by atoms with van der Waals surface area (Å²) in [6.45, 7) is 3.91. The van der Waals surface area contributed by atoms with Crippen molar-refractivity contribution in [2.75, 3.05) is 26.7 Å². The SMILES string of the molecule is CN=C(NCCN1C(=O)C2C3C=CC(C3)C2C1=O)NCC1(c2ccccc2C)CC1. The Morgan fingerprint density at radius 3 is 2.37 bits per heavy atom. The average molecular weight is 407 g/mol. The van der Waals surface area contributed by atoms with Gasteiger partial charge in [0.05, 0.1) is 11.8 Å². The number of fused-ring (bicyclic) bond motifs is 5. The molecule has 2 bridgehead atoms. The highest BCUT2D eigenvalue weighted by Crippen LogP contribution is 2.52. The summed E-state index contributed by atoms with van der Waals surface area (Å²) in [5, 5.41) is 6.74. The molecule has 1 aromatic carbocycles. The summed E-state index contributed by atoms with van der Waals surface area (Å²) in [7, 11) is 1.75. The van der Waals surface area contributed by atoms with E-state index in [0.29, 0.717) is 13.1 Å². The van der Waals surface area contributed by atoms with Gasteiger partial charge in [0, 0.05) is 32.1 Å². The van der Waals surface area contributed by atoms with Gasteiger partial charge in [0.2, 0.25) is 11.8 Å². The van der Waals surface area contributed by atoms with Crippen LogP contribution in [0.4, 0.5) is 0 Å². The standard InChI is InChI=1S/C24H30N4O2/c1-15-5-3-4-6-18(15)24(9-10-24)14-27-23(25-2)26-11-12-28-21(29)19-16-7-8-17(13-16)20(19)22(28)30/h3-8,16-17,19-20H,9-14H2,1-2H3,(H2,25,26,27). The van der Waals surface area contributed by atoms with Crippen LogP contribution in [0.2, 0.25) is 0 Å². The third-order valence-electron chi connectivity index (χ3n) is 7.58. The minimum absolute atomic E-state index is 0.0167. The molecule has 3 fully saturated rings. The highest BCUT2D eigenvalue weighted by molar-refractivity contribution is 6.06. The van der Waals surface area contributed by atoms with E-state index in [2.05, 4.69) is 59.0 Å². The third kappa shape index (κ3) is 3.04. The number of carbonyl (C=O) groups excluding carboxylic acids is 2. The van der Waals surface area contributed by atoms with Gasteiger partial charge >= 0.3 is 0 Å². The molecule has 0 aromatic heterocycles. The van der Waals surface area contributed by atoms with Crippen molar-refractivity contribution in [1.82, 2.24) is 15.5 Å². The Kier molecular flexibility index (Phi) is 4.68. The Bertz CT molecular complexity index is 903. The Balaban J connectivity index is 1.14. The Morgan fingerprint density at radius 1 is 1.10 bits per heavy atom. The first-order valence-corrected chi connectivity index (χ1v) is 11.1. The quantitative estimate of drug-likeness (QED) is 0.328. The lowest BCUT2D eigenvalue weighted by Crippen LogP contribution is -2.45. The van der Waals surface area contributed by atoms with Gasteiger partial charge in [-0.2, -0.15) is 0 Å². The topological polar surface area (TPSA) is 73.8 Å². The van der Waals surface area contributed by atoms with Gasteiger partial charge in [0.1, 0.15) is 0 Å². The summed E-state index contributed by atoms with van der Waals surface area (Å²) >= 11 is 0. The molecule has 6 nitrogen and oxygen atoms in total. The summed E-state index contributed by atoms with van der Waals surface area (Å²) in [6, 6.07) is 8.59. The number of carbonyl (C=O) groups is 2. The molecule has 2 N–H and O–H groups in total. The van der Waals surface area contributed by atoms with Crippen molar-refractivity contribution in [3.05, 3.63) is 47.5 Å². The Hall–Kier alpha value is -2.63. The number of rotatable bonds is 6. The van der Waals surface area contributed by atoms with E-state index in [-0.39, 0.29) is 40.9 Å². The van der Waals surface area contributed by atoms with Gasteiger partial charge in [-0.05, 0) is 49.1 Å². The van der Waals surface area contributed by atoms with E-state index in [1.807, 2.05) is 0 Å². The van der Waals surface area contributed by atoms with Crippen LogP contribution in [0.25, 0.3) is 0 Å². The average Bonchev–Trinajstić information content (AvgIpc) is 3.12.